The Hall–Kier alpha value is -1.25. The standard InChI is InChI=1S/C8H9BN2/c1-11-5-6-4-7(9)2-3-8(6)10-11/h2-5H,9H2,1H3. The van der Waals surface area contributed by atoms with Crippen LogP contribution in [-0.2, 0) is 7.05 Å². The van der Waals surface area contributed by atoms with E-state index >= 15 is 0 Å². The lowest BCUT2D eigenvalue weighted by Gasteiger charge is -1.88. The topological polar surface area (TPSA) is 17.8 Å². The molecule has 0 N–H and O–H groups in total. The quantitative estimate of drug-likeness (QED) is 0.469. The van der Waals surface area contributed by atoms with E-state index in [0.717, 1.165) is 5.52 Å². The number of rotatable bonds is 0. The number of benzene rings is 1. The summed E-state index contributed by atoms with van der Waals surface area (Å²) >= 11 is 0. The van der Waals surface area contributed by atoms with E-state index in [4.69, 9.17) is 0 Å². The van der Waals surface area contributed by atoms with Crippen LogP contribution in [0.2, 0.25) is 0 Å². The van der Waals surface area contributed by atoms with Gasteiger partial charge in [-0.2, -0.15) is 5.10 Å². The molecule has 0 bridgehead atoms. The van der Waals surface area contributed by atoms with Crippen LogP contribution in [0.4, 0.5) is 0 Å². The number of aryl methyl sites for hydroxylation is 1. The number of fused-ring (bicyclic) bond motifs is 1. The van der Waals surface area contributed by atoms with Crippen molar-refractivity contribution in [3.63, 3.8) is 0 Å². The minimum Gasteiger partial charge on any atom is -0.275 e. The second kappa shape index (κ2) is 2.12. The van der Waals surface area contributed by atoms with E-state index in [9.17, 15) is 0 Å². The van der Waals surface area contributed by atoms with Gasteiger partial charge in [0.05, 0.1) is 5.52 Å². The van der Waals surface area contributed by atoms with Crippen LogP contribution >= 0.6 is 0 Å². The van der Waals surface area contributed by atoms with E-state index in [-0.39, 0.29) is 0 Å². The highest BCUT2D eigenvalue weighted by Crippen LogP contribution is 2.07. The van der Waals surface area contributed by atoms with Crippen molar-refractivity contribution in [2.75, 3.05) is 0 Å². The molecule has 2 aromatic rings. The zero-order valence-electron chi connectivity index (χ0n) is 6.70. The van der Waals surface area contributed by atoms with Crippen LogP contribution in [-0.4, -0.2) is 17.6 Å². The minimum atomic E-state index is 1.07. The Morgan fingerprint density at radius 2 is 2.27 bits per heavy atom. The van der Waals surface area contributed by atoms with Gasteiger partial charge in [0.15, 0.2) is 0 Å². The summed E-state index contributed by atoms with van der Waals surface area (Å²) in [6, 6.07) is 6.27. The maximum atomic E-state index is 4.27. The van der Waals surface area contributed by atoms with Gasteiger partial charge in [0.1, 0.15) is 7.85 Å². The summed E-state index contributed by atoms with van der Waals surface area (Å²) < 4.78 is 1.84. The third-order valence-electron chi connectivity index (χ3n) is 1.77. The molecule has 1 heterocycles. The highest BCUT2D eigenvalue weighted by atomic mass is 15.2. The normalized spacial score (nSPS) is 10.6. The maximum absolute atomic E-state index is 4.27. The highest BCUT2D eigenvalue weighted by molar-refractivity contribution is 6.33. The van der Waals surface area contributed by atoms with Gasteiger partial charge in [-0.15, -0.1) is 0 Å². The van der Waals surface area contributed by atoms with Gasteiger partial charge in [0.25, 0.3) is 0 Å². The summed E-state index contributed by atoms with van der Waals surface area (Å²) in [7, 11) is 4.03. The fourth-order valence-corrected chi connectivity index (χ4v) is 1.27. The van der Waals surface area contributed by atoms with Crippen molar-refractivity contribution >= 4 is 24.2 Å². The molecule has 1 aromatic carbocycles. The summed E-state index contributed by atoms with van der Waals surface area (Å²) in [6.07, 6.45) is 2.03. The maximum Gasteiger partial charge on any atom is 0.139 e. The summed E-state index contributed by atoms with van der Waals surface area (Å²) in [5, 5.41) is 5.49. The zero-order valence-corrected chi connectivity index (χ0v) is 6.70. The largest absolute Gasteiger partial charge is 0.275 e. The SMILES string of the molecule is Bc1ccc2nn(C)cc2c1. The Morgan fingerprint density at radius 1 is 1.45 bits per heavy atom. The lowest BCUT2D eigenvalue weighted by Crippen LogP contribution is -1.98. The molecule has 1 aromatic heterocycles. The molecule has 0 unspecified atom stereocenters. The van der Waals surface area contributed by atoms with Crippen molar-refractivity contribution in [3.8, 4) is 0 Å². The molecular formula is C8H9BN2. The molecule has 3 heteroatoms. The molecule has 11 heavy (non-hydrogen) atoms. The van der Waals surface area contributed by atoms with Crippen molar-refractivity contribution < 1.29 is 0 Å². The molecule has 0 amide bonds. The van der Waals surface area contributed by atoms with E-state index in [1.165, 1.54) is 10.8 Å². The van der Waals surface area contributed by atoms with Gasteiger partial charge in [0, 0.05) is 18.6 Å². The summed E-state index contributed by atoms with van der Waals surface area (Å²) in [6.45, 7) is 0. The summed E-state index contributed by atoms with van der Waals surface area (Å²) in [5.74, 6) is 0. The van der Waals surface area contributed by atoms with Crippen LogP contribution in [0.1, 0.15) is 0 Å². The van der Waals surface area contributed by atoms with Crippen LogP contribution in [0.15, 0.2) is 24.4 Å². The number of aromatic nitrogens is 2. The number of nitrogens with zero attached hydrogens (tertiary/aromatic N) is 2. The first-order valence-corrected chi connectivity index (χ1v) is 3.66. The highest BCUT2D eigenvalue weighted by Gasteiger charge is 1.95. The van der Waals surface area contributed by atoms with Gasteiger partial charge < -0.3 is 0 Å². The number of hydrogen-bond acceptors (Lipinski definition) is 1. The lowest BCUT2D eigenvalue weighted by atomic mass is 9.95. The van der Waals surface area contributed by atoms with Gasteiger partial charge >= 0.3 is 0 Å². The van der Waals surface area contributed by atoms with Crippen molar-refractivity contribution in [2.45, 2.75) is 0 Å². The number of hydrogen-bond donors (Lipinski definition) is 0. The molecule has 2 rings (SSSR count). The summed E-state index contributed by atoms with van der Waals surface area (Å²) in [4.78, 5) is 0. The van der Waals surface area contributed by atoms with Crippen molar-refractivity contribution in [1.82, 2.24) is 9.78 Å². The smallest absolute Gasteiger partial charge is 0.139 e. The van der Waals surface area contributed by atoms with Crippen molar-refractivity contribution in [1.29, 1.82) is 0 Å². The van der Waals surface area contributed by atoms with E-state index < -0.39 is 0 Å². The minimum absolute atomic E-state index is 1.07. The third-order valence-corrected chi connectivity index (χ3v) is 1.77. The second-order valence-electron chi connectivity index (χ2n) is 2.87. The molecule has 54 valence electrons. The van der Waals surface area contributed by atoms with Gasteiger partial charge in [-0.05, 0) is 6.07 Å². The molecule has 0 saturated carbocycles. The van der Waals surface area contributed by atoms with Gasteiger partial charge in [-0.3, -0.25) is 4.68 Å². The molecule has 0 aliphatic carbocycles. The van der Waals surface area contributed by atoms with E-state index in [1.807, 2.05) is 24.0 Å². The van der Waals surface area contributed by atoms with Crippen LogP contribution in [0.5, 0.6) is 0 Å². The first kappa shape index (κ1) is 6.46. The van der Waals surface area contributed by atoms with Crippen LogP contribution < -0.4 is 5.46 Å². The fraction of sp³-hybridized carbons (Fsp3) is 0.125. The zero-order chi connectivity index (χ0) is 7.84. The molecule has 0 spiro atoms. The molecule has 0 fully saturated rings. The lowest BCUT2D eigenvalue weighted by molar-refractivity contribution is 0.780. The molecule has 0 aliphatic rings. The molecule has 0 saturated heterocycles. The van der Waals surface area contributed by atoms with Gasteiger partial charge in [0.2, 0.25) is 0 Å². The van der Waals surface area contributed by atoms with Crippen LogP contribution in [0.25, 0.3) is 10.9 Å². The van der Waals surface area contributed by atoms with Gasteiger partial charge in [-0.1, -0.05) is 17.6 Å². The molecule has 2 nitrogen and oxygen atoms in total. The molecule has 0 radical (unpaired) electrons. The van der Waals surface area contributed by atoms with Crippen molar-refractivity contribution in [3.05, 3.63) is 24.4 Å². The first-order valence-electron chi connectivity index (χ1n) is 3.66. The Morgan fingerprint density at radius 3 is 3.09 bits per heavy atom. The first-order chi connectivity index (χ1) is 5.25. The summed E-state index contributed by atoms with van der Waals surface area (Å²) in [5.41, 5.74) is 2.35. The van der Waals surface area contributed by atoms with Crippen LogP contribution in [0, 0.1) is 0 Å². The predicted octanol–water partition coefficient (Wildman–Crippen LogP) is -0.168. The molecule has 0 atom stereocenters. The Kier molecular flexibility index (Phi) is 1.25. The van der Waals surface area contributed by atoms with Gasteiger partial charge in [-0.25, -0.2) is 0 Å². The third kappa shape index (κ3) is 1.02. The average Bonchev–Trinajstić information content (AvgIpc) is 2.27. The second-order valence-corrected chi connectivity index (χ2v) is 2.87. The van der Waals surface area contributed by atoms with E-state index in [2.05, 4.69) is 25.1 Å². The molecular weight excluding hydrogens is 135 g/mol. The van der Waals surface area contributed by atoms with E-state index in [1.54, 1.807) is 0 Å². The fourth-order valence-electron chi connectivity index (χ4n) is 1.27. The Balaban J connectivity index is 2.82. The Labute approximate surface area is 66.2 Å². The average molecular weight is 144 g/mol. The van der Waals surface area contributed by atoms with Crippen molar-refractivity contribution in [2.24, 2.45) is 7.05 Å². The predicted molar refractivity (Wildman–Crippen MR) is 48.9 cm³/mol. The van der Waals surface area contributed by atoms with Crippen LogP contribution in [0.3, 0.4) is 0 Å². The Bertz CT molecular complexity index is 392. The van der Waals surface area contributed by atoms with E-state index in [0.29, 0.717) is 0 Å². The monoisotopic (exact) mass is 144 g/mol. The molecule has 0 aliphatic heterocycles.